The molecule has 0 fully saturated rings. The second-order valence-corrected chi connectivity index (χ2v) is 5.63. The predicted octanol–water partition coefficient (Wildman–Crippen LogP) is 3.71. The molecule has 0 aromatic heterocycles. The second kappa shape index (κ2) is 9.63. The highest BCUT2D eigenvalue weighted by Gasteiger charge is 2.30. The third-order valence-corrected chi connectivity index (χ3v) is 3.51. The van der Waals surface area contributed by atoms with E-state index in [1.54, 1.807) is 19.2 Å². The summed E-state index contributed by atoms with van der Waals surface area (Å²) in [6.45, 7) is -0.498. The molecule has 28 heavy (non-hydrogen) atoms. The maximum absolute atomic E-state index is 12.1. The molecule has 0 saturated carbocycles. The molecule has 1 amide bonds. The summed E-state index contributed by atoms with van der Waals surface area (Å²) < 4.78 is 49.9. The smallest absolute Gasteiger partial charge is 0.497 e. The van der Waals surface area contributed by atoms with Gasteiger partial charge < -0.3 is 19.5 Å². The van der Waals surface area contributed by atoms with E-state index >= 15 is 0 Å². The van der Waals surface area contributed by atoms with E-state index in [1.165, 1.54) is 12.1 Å². The maximum Gasteiger partial charge on any atom is 0.573 e. The second-order valence-electron chi connectivity index (χ2n) is 5.63. The van der Waals surface area contributed by atoms with Gasteiger partial charge in [-0.15, -0.1) is 13.2 Å². The molecule has 150 valence electrons. The summed E-state index contributed by atoms with van der Waals surface area (Å²) in [5.41, 5.74) is 1.16. The van der Waals surface area contributed by atoms with E-state index < -0.39 is 30.6 Å². The normalized spacial score (nSPS) is 10.9. The van der Waals surface area contributed by atoms with Gasteiger partial charge in [0.1, 0.15) is 11.5 Å². The lowest BCUT2D eigenvalue weighted by atomic mass is 10.1. The summed E-state index contributed by atoms with van der Waals surface area (Å²) in [7, 11) is 1.56. The predicted molar refractivity (Wildman–Crippen MR) is 94.0 cm³/mol. The fourth-order valence-electron chi connectivity index (χ4n) is 2.19. The third kappa shape index (κ3) is 7.56. The van der Waals surface area contributed by atoms with Crippen LogP contribution in [-0.2, 0) is 20.7 Å². The molecule has 0 saturated heterocycles. The number of nitrogens with one attached hydrogen (secondary N) is 1. The van der Waals surface area contributed by atoms with Gasteiger partial charge in [-0.2, -0.15) is 0 Å². The molecule has 9 heteroatoms. The number of anilines is 1. The number of ether oxygens (including phenoxy) is 3. The van der Waals surface area contributed by atoms with Crippen molar-refractivity contribution in [2.45, 2.75) is 19.2 Å². The van der Waals surface area contributed by atoms with Crippen molar-refractivity contribution in [3.8, 4) is 11.5 Å². The maximum atomic E-state index is 12.1. The standard InChI is InChI=1S/C19H18F3NO5/c1-26-15-7-2-13(3-8-15)4-11-18(25)27-12-17(24)23-14-5-9-16(10-6-14)28-19(20,21)22/h2-3,5-10H,4,11-12H2,1H3,(H,23,24). The highest BCUT2D eigenvalue weighted by Crippen LogP contribution is 2.23. The number of rotatable bonds is 8. The van der Waals surface area contributed by atoms with Crippen LogP contribution in [0.4, 0.5) is 18.9 Å². The highest BCUT2D eigenvalue weighted by atomic mass is 19.4. The van der Waals surface area contributed by atoms with Crippen LogP contribution in [0.3, 0.4) is 0 Å². The van der Waals surface area contributed by atoms with Crippen LogP contribution in [0, 0.1) is 0 Å². The van der Waals surface area contributed by atoms with Crippen molar-refractivity contribution >= 4 is 17.6 Å². The summed E-state index contributed by atoms with van der Waals surface area (Å²) in [6, 6.07) is 11.8. The molecular formula is C19H18F3NO5. The minimum atomic E-state index is -4.79. The number of aryl methyl sites for hydroxylation is 1. The first-order valence-corrected chi connectivity index (χ1v) is 8.19. The Kier molecular flexibility index (Phi) is 7.25. The summed E-state index contributed by atoms with van der Waals surface area (Å²) in [6.07, 6.45) is -4.24. The minimum Gasteiger partial charge on any atom is -0.497 e. The molecule has 0 spiro atoms. The molecule has 2 aromatic rings. The van der Waals surface area contributed by atoms with Crippen LogP contribution >= 0.6 is 0 Å². The molecule has 0 bridgehead atoms. The Morgan fingerprint density at radius 1 is 0.964 bits per heavy atom. The molecule has 0 atom stereocenters. The van der Waals surface area contributed by atoms with E-state index in [0.29, 0.717) is 12.2 Å². The van der Waals surface area contributed by atoms with Crippen LogP contribution in [-0.4, -0.2) is 32.0 Å². The Bertz CT molecular complexity index is 789. The van der Waals surface area contributed by atoms with Crippen molar-refractivity contribution in [2.75, 3.05) is 19.0 Å². The molecule has 1 N–H and O–H groups in total. The number of methoxy groups -OCH3 is 1. The minimum absolute atomic E-state index is 0.100. The van der Waals surface area contributed by atoms with Gasteiger partial charge in [-0.3, -0.25) is 9.59 Å². The van der Waals surface area contributed by atoms with Gasteiger partial charge in [-0.05, 0) is 48.4 Å². The largest absolute Gasteiger partial charge is 0.573 e. The first kappa shape index (κ1) is 21.1. The van der Waals surface area contributed by atoms with Gasteiger partial charge >= 0.3 is 12.3 Å². The fraction of sp³-hybridized carbons (Fsp3) is 0.263. The Morgan fingerprint density at radius 3 is 2.14 bits per heavy atom. The van der Waals surface area contributed by atoms with Crippen molar-refractivity contribution in [1.82, 2.24) is 0 Å². The summed E-state index contributed by atoms with van der Waals surface area (Å²) in [5.74, 6) is -0.848. The topological polar surface area (TPSA) is 73.9 Å². The highest BCUT2D eigenvalue weighted by molar-refractivity contribution is 5.92. The van der Waals surface area contributed by atoms with Crippen molar-refractivity contribution in [2.24, 2.45) is 0 Å². The van der Waals surface area contributed by atoms with Crippen molar-refractivity contribution in [3.63, 3.8) is 0 Å². The molecule has 2 aromatic carbocycles. The number of benzene rings is 2. The molecule has 0 aliphatic rings. The molecule has 0 aliphatic carbocycles. The number of esters is 1. The number of carbonyl (C=O) groups excluding carboxylic acids is 2. The van der Waals surface area contributed by atoms with Crippen LogP contribution in [0.15, 0.2) is 48.5 Å². The molecule has 0 radical (unpaired) electrons. The van der Waals surface area contributed by atoms with E-state index in [0.717, 1.165) is 17.7 Å². The number of hydrogen-bond acceptors (Lipinski definition) is 5. The first-order valence-electron chi connectivity index (χ1n) is 8.19. The summed E-state index contributed by atoms with van der Waals surface area (Å²) in [5, 5.41) is 2.41. The summed E-state index contributed by atoms with van der Waals surface area (Å²) >= 11 is 0. The number of halogens is 3. The van der Waals surface area contributed by atoms with E-state index in [1.807, 2.05) is 12.1 Å². The zero-order valence-corrected chi connectivity index (χ0v) is 14.9. The number of alkyl halides is 3. The average molecular weight is 397 g/mol. The Labute approximate surface area is 159 Å². The Morgan fingerprint density at radius 2 is 1.57 bits per heavy atom. The third-order valence-electron chi connectivity index (χ3n) is 3.51. The van der Waals surface area contributed by atoms with Crippen molar-refractivity contribution in [1.29, 1.82) is 0 Å². The number of carbonyl (C=O) groups is 2. The lowest BCUT2D eigenvalue weighted by Crippen LogP contribution is -2.21. The average Bonchev–Trinajstić information content (AvgIpc) is 2.65. The van der Waals surface area contributed by atoms with E-state index in [2.05, 4.69) is 10.1 Å². The van der Waals surface area contributed by atoms with E-state index in [9.17, 15) is 22.8 Å². The Hall–Kier alpha value is -3.23. The van der Waals surface area contributed by atoms with Gasteiger partial charge in [0.15, 0.2) is 6.61 Å². The number of hydrogen-bond donors (Lipinski definition) is 1. The zero-order valence-electron chi connectivity index (χ0n) is 14.9. The van der Waals surface area contributed by atoms with E-state index in [4.69, 9.17) is 9.47 Å². The lowest BCUT2D eigenvalue weighted by molar-refractivity contribution is -0.274. The van der Waals surface area contributed by atoms with Crippen molar-refractivity contribution < 1.29 is 37.0 Å². The molecule has 6 nitrogen and oxygen atoms in total. The van der Waals surface area contributed by atoms with Crippen LogP contribution in [0.25, 0.3) is 0 Å². The van der Waals surface area contributed by atoms with Gasteiger partial charge in [-0.25, -0.2) is 0 Å². The number of amides is 1. The zero-order chi connectivity index (χ0) is 20.6. The lowest BCUT2D eigenvalue weighted by Gasteiger charge is -2.10. The fourth-order valence-corrected chi connectivity index (χ4v) is 2.19. The van der Waals surface area contributed by atoms with Crippen molar-refractivity contribution in [3.05, 3.63) is 54.1 Å². The monoisotopic (exact) mass is 397 g/mol. The first-order chi connectivity index (χ1) is 13.2. The Balaban J connectivity index is 1.71. The molecule has 0 unspecified atom stereocenters. The van der Waals surface area contributed by atoms with Gasteiger partial charge in [0.05, 0.1) is 7.11 Å². The van der Waals surface area contributed by atoms with Gasteiger partial charge in [-0.1, -0.05) is 12.1 Å². The molecule has 0 heterocycles. The molecular weight excluding hydrogens is 379 g/mol. The molecule has 2 rings (SSSR count). The van der Waals surface area contributed by atoms with Crippen LogP contribution in [0.1, 0.15) is 12.0 Å². The van der Waals surface area contributed by atoms with Crippen LogP contribution in [0.2, 0.25) is 0 Å². The quantitative estimate of drug-likeness (QED) is 0.688. The van der Waals surface area contributed by atoms with Gasteiger partial charge in [0.2, 0.25) is 0 Å². The SMILES string of the molecule is COc1ccc(CCC(=O)OCC(=O)Nc2ccc(OC(F)(F)F)cc2)cc1. The van der Waals surface area contributed by atoms with Crippen LogP contribution < -0.4 is 14.8 Å². The van der Waals surface area contributed by atoms with Gasteiger partial charge in [0.25, 0.3) is 5.91 Å². The molecule has 0 aliphatic heterocycles. The summed E-state index contributed by atoms with van der Waals surface area (Å²) in [4.78, 5) is 23.5. The van der Waals surface area contributed by atoms with Crippen LogP contribution in [0.5, 0.6) is 11.5 Å². The van der Waals surface area contributed by atoms with Gasteiger partial charge in [0, 0.05) is 12.1 Å². The van der Waals surface area contributed by atoms with E-state index in [-0.39, 0.29) is 12.1 Å².